The number of aromatic nitrogens is 4. The minimum atomic E-state index is 0.600. The van der Waals surface area contributed by atoms with E-state index in [2.05, 4.69) is 100 Å². The van der Waals surface area contributed by atoms with E-state index in [0.29, 0.717) is 5.56 Å². The van der Waals surface area contributed by atoms with Crippen molar-refractivity contribution in [3.05, 3.63) is 133 Å². The highest BCUT2D eigenvalue weighted by Crippen LogP contribution is 2.40. The molecular formula is C35H21N5. The van der Waals surface area contributed by atoms with Crippen LogP contribution in [0.3, 0.4) is 0 Å². The molecule has 0 radical (unpaired) electrons. The van der Waals surface area contributed by atoms with E-state index in [-0.39, 0.29) is 0 Å². The Balaban J connectivity index is 1.50. The molecule has 0 bridgehead atoms. The Kier molecular flexibility index (Phi) is 4.82. The van der Waals surface area contributed by atoms with E-state index in [1.54, 1.807) is 0 Å². The van der Waals surface area contributed by atoms with E-state index in [1.165, 1.54) is 10.8 Å². The van der Waals surface area contributed by atoms with Gasteiger partial charge in [0.1, 0.15) is 5.65 Å². The lowest BCUT2D eigenvalue weighted by Gasteiger charge is -2.18. The van der Waals surface area contributed by atoms with Crippen molar-refractivity contribution in [2.24, 2.45) is 0 Å². The van der Waals surface area contributed by atoms with Crippen LogP contribution in [0.1, 0.15) is 5.56 Å². The molecule has 0 aliphatic heterocycles. The Morgan fingerprint density at radius 3 is 1.95 bits per heavy atom. The zero-order chi connectivity index (χ0) is 26.6. The minimum absolute atomic E-state index is 0.600. The number of pyridine rings is 2. The van der Waals surface area contributed by atoms with E-state index in [0.717, 1.165) is 55.6 Å². The van der Waals surface area contributed by atoms with Crippen LogP contribution >= 0.6 is 0 Å². The molecule has 0 spiro atoms. The third-order valence-corrected chi connectivity index (χ3v) is 7.66. The first-order valence-corrected chi connectivity index (χ1v) is 13.2. The van der Waals surface area contributed by atoms with Crippen LogP contribution in [0.15, 0.2) is 128 Å². The summed E-state index contributed by atoms with van der Waals surface area (Å²) in [5, 5.41) is 13.3. The molecule has 0 saturated carbocycles. The second kappa shape index (κ2) is 8.65. The van der Waals surface area contributed by atoms with E-state index in [9.17, 15) is 5.26 Å². The van der Waals surface area contributed by atoms with Crippen LogP contribution in [0.25, 0.3) is 66.4 Å². The van der Waals surface area contributed by atoms with E-state index >= 15 is 0 Å². The predicted molar refractivity (Wildman–Crippen MR) is 161 cm³/mol. The molecule has 0 saturated heterocycles. The summed E-state index contributed by atoms with van der Waals surface area (Å²) < 4.78 is 4.49. The maximum Gasteiger partial charge on any atom is 0.147 e. The summed E-state index contributed by atoms with van der Waals surface area (Å²) in [5.74, 6) is 0. The zero-order valence-corrected chi connectivity index (χ0v) is 21.4. The maximum absolute atomic E-state index is 9.93. The summed E-state index contributed by atoms with van der Waals surface area (Å²) in [6.07, 6.45) is 3.63. The van der Waals surface area contributed by atoms with Crippen molar-refractivity contribution in [3.63, 3.8) is 0 Å². The van der Waals surface area contributed by atoms with Crippen LogP contribution in [0.2, 0.25) is 0 Å². The SMILES string of the molecule is N#Cc1ccc(-n2c3cccnc3c3cccnc32)c(-c2ccccc2-n2c3ccccc3c3ccccc32)c1. The molecule has 5 heteroatoms. The molecule has 4 heterocycles. The van der Waals surface area contributed by atoms with Gasteiger partial charge < -0.3 is 4.57 Å². The van der Waals surface area contributed by atoms with Gasteiger partial charge >= 0.3 is 0 Å². The van der Waals surface area contributed by atoms with Crippen molar-refractivity contribution < 1.29 is 0 Å². The minimum Gasteiger partial charge on any atom is -0.309 e. The Labute approximate surface area is 229 Å². The smallest absolute Gasteiger partial charge is 0.147 e. The van der Waals surface area contributed by atoms with E-state index in [4.69, 9.17) is 9.97 Å². The molecule has 4 aromatic carbocycles. The van der Waals surface area contributed by atoms with Crippen LogP contribution < -0.4 is 0 Å². The molecule has 0 aliphatic rings. The number of nitriles is 1. The van der Waals surface area contributed by atoms with Gasteiger partial charge in [0, 0.05) is 39.7 Å². The first kappa shape index (κ1) is 22.3. The molecule has 0 unspecified atom stereocenters. The Morgan fingerprint density at radius 2 is 1.15 bits per heavy atom. The van der Waals surface area contributed by atoms with E-state index in [1.807, 2.05) is 42.7 Å². The van der Waals surface area contributed by atoms with Crippen molar-refractivity contribution in [2.75, 3.05) is 0 Å². The Hall–Kier alpha value is -5.73. The third-order valence-electron chi connectivity index (χ3n) is 7.66. The topological polar surface area (TPSA) is 59.4 Å². The summed E-state index contributed by atoms with van der Waals surface area (Å²) in [6, 6.07) is 41.7. The average molecular weight is 512 g/mol. The van der Waals surface area contributed by atoms with Crippen LogP contribution in [0.4, 0.5) is 0 Å². The standard InChI is InChI=1S/C35H21N5/c36-22-23-17-18-32(40-33-16-8-19-37-34(33)27-12-7-20-38-35(27)40)28(21-23)26-11-3-6-15-31(26)39-29-13-4-1-9-24(29)25-10-2-5-14-30(25)39/h1-21H. The number of benzene rings is 4. The normalized spacial score (nSPS) is 11.5. The van der Waals surface area contributed by atoms with Gasteiger partial charge in [0.15, 0.2) is 0 Å². The zero-order valence-electron chi connectivity index (χ0n) is 21.4. The predicted octanol–water partition coefficient (Wildman–Crippen LogP) is 8.21. The van der Waals surface area contributed by atoms with Gasteiger partial charge in [-0.2, -0.15) is 5.26 Å². The summed E-state index contributed by atoms with van der Waals surface area (Å²) in [5.41, 5.74) is 9.53. The average Bonchev–Trinajstić information content (AvgIpc) is 3.54. The van der Waals surface area contributed by atoms with Gasteiger partial charge in [-0.25, -0.2) is 4.98 Å². The highest BCUT2D eigenvalue weighted by Gasteiger charge is 2.21. The summed E-state index contributed by atoms with van der Waals surface area (Å²) in [4.78, 5) is 9.48. The molecule has 0 N–H and O–H groups in total. The van der Waals surface area contributed by atoms with Crippen LogP contribution in [-0.2, 0) is 0 Å². The number of rotatable bonds is 3. The molecular weight excluding hydrogens is 490 g/mol. The molecule has 8 aromatic rings. The molecule has 5 nitrogen and oxygen atoms in total. The summed E-state index contributed by atoms with van der Waals surface area (Å²) in [6.45, 7) is 0. The van der Waals surface area contributed by atoms with E-state index < -0.39 is 0 Å². The van der Waals surface area contributed by atoms with Gasteiger partial charge in [0.05, 0.1) is 45.1 Å². The monoisotopic (exact) mass is 511 g/mol. The van der Waals surface area contributed by atoms with Gasteiger partial charge in [-0.1, -0.05) is 54.6 Å². The van der Waals surface area contributed by atoms with Gasteiger partial charge in [-0.05, 0) is 60.7 Å². The Bertz CT molecular complexity index is 2190. The molecule has 40 heavy (non-hydrogen) atoms. The number of para-hydroxylation sites is 3. The van der Waals surface area contributed by atoms with Crippen LogP contribution in [-0.4, -0.2) is 19.1 Å². The molecule has 0 atom stereocenters. The van der Waals surface area contributed by atoms with Gasteiger partial charge in [0.25, 0.3) is 0 Å². The highest BCUT2D eigenvalue weighted by atomic mass is 15.1. The van der Waals surface area contributed by atoms with Crippen LogP contribution in [0.5, 0.6) is 0 Å². The van der Waals surface area contributed by atoms with Gasteiger partial charge in [-0.15, -0.1) is 0 Å². The molecule has 0 fully saturated rings. The lowest BCUT2D eigenvalue weighted by atomic mass is 9.98. The quantitative estimate of drug-likeness (QED) is 0.240. The third kappa shape index (κ3) is 3.14. The number of hydrogen-bond donors (Lipinski definition) is 0. The number of fused-ring (bicyclic) bond motifs is 6. The maximum atomic E-state index is 9.93. The highest BCUT2D eigenvalue weighted by molar-refractivity contribution is 6.10. The molecule has 4 aromatic heterocycles. The van der Waals surface area contributed by atoms with Crippen molar-refractivity contribution in [3.8, 4) is 28.6 Å². The fourth-order valence-corrected chi connectivity index (χ4v) is 6.00. The van der Waals surface area contributed by atoms with Gasteiger partial charge in [-0.3, -0.25) is 9.55 Å². The first-order valence-electron chi connectivity index (χ1n) is 13.2. The molecule has 8 rings (SSSR count). The van der Waals surface area contributed by atoms with Gasteiger partial charge in [0.2, 0.25) is 0 Å². The van der Waals surface area contributed by atoms with Crippen molar-refractivity contribution >= 4 is 43.9 Å². The fraction of sp³-hybridized carbons (Fsp3) is 0. The van der Waals surface area contributed by atoms with Crippen molar-refractivity contribution in [2.45, 2.75) is 0 Å². The Morgan fingerprint density at radius 1 is 0.525 bits per heavy atom. The lowest BCUT2D eigenvalue weighted by Crippen LogP contribution is -2.02. The second-order valence-electron chi connectivity index (χ2n) is 9.81. The fourth-order valence-electron chi connectivity index (χ4n) is 6.00. The van der Waals surface area contributed by atoms with Crippen molar-refractivity contribution in [1.29, 1.82) is 5.26 Å². The number of hydrogen-bond acceptors (Lipinski definition) is 3. The number of nitrogens with zero attached hydrogens (tertiary/aromatic N) is 5. The molecule has 0 aliphatic carbocycles. The first-order chi connectivity index (χ1) is 19.8. The molecule has 0 amide bonds. The lowest BCUT2D eigenvalue weighted by molar-refractivity contribution is 1.13. The van der Waals surface area contributed by atoms with Crippen molar-refractivity contribution in [1.82, 2.24) is 19.1 Å². The largest absolute Gasteiger partial charge is 0.309 e. The summed E-state index contributed by atoms with van der Waals surface area (Å²) in [7, 11) is 0. The molecule has 186 valence electrons. The summed E-state index contributed by atoms with van der Waals surface area (Å²) >= 11 is 0. The second-order valence-corrected chi connectivity index (χ2v) is 9.81. The van der Waals surface area contributed by atoms with Crippen LogP contribution in [0, 0.1) is 11.3 Å².